The minimum atomic E-state index is -0.421. The normalized spacial score (nSPS) is 10.3. The smallest absolute Gasteiger partial charge is 0.325 e. The number of hydrogen-bond donors (Lipinski definition) is 1. The number of imide groups is 1. The van der Waals surface area contributed by atoms with Gasteiger partial charge < -0.3 is 5.32 Å². The van der Waals surface area contributed by atoms with E-state index in [1.54, 1.807) is 0 Å². The highest BCUT2D eigenvalue weighted by atomic mass is 35.5. The van der Waals surface area contributed by atoms with E-state index >= 15 is 0 Å². The average molecular weight is 409 g/mol. The van der Waals surface area contributed by atoms with Gasteiger partial charge in [0.1, 0.15) is 0 Å². The highest BCUT2D eigenvalue weighted by molar-refractivity contribution is 8.82. The van der Waals surface area contributed by atoms with Crippen LogP contribution in [-0.2, 0) is 13.0 Å². The first-order valence-electron chi connectivity index (χ1n) is 8.23. The van der Waals surface area contributed by atoms with Gasteiger partial charge in [-0.2, -0.15) is 0 Å². The van der Waals surface area contributed by atoms with Gasteiger partial charge >= 0.3 is 11.3 Å². The van der Waals surface area contributed by atoms with Crippen LogP contribution in [0.5, 0.6) is 0 Å². The summed E-state index contributed by atoms with van der Waals surface area (Å²) in [5.74, 6) is 1.10. The largest absolute Gasteiger partial charge is 0.336 e. The van der Waals surface area contributed by atoms with Gasteiger partial charge in [0, 0.05) is 29.0 Å². The standard InChI is InChI=1S/C19H21ClN2O2S2/c20-12-13-21-18(23)22(15-17-9-5-2-6-10-17)19(24)26-25-14-11-16-7-3-1-4-8-16/h1-10H,11-15H2,(H,21,23). The maximum absolute atomic E-state index is 12.5. The van der Waals surface area contributed by atoms with Crippen LogP contribution in [0.15, 0.2) is 60.7 Å². The molecule has 0 aliphatic rings. The molecule has 0 radical (unpaired) electrons. The molecule has 0 spiro atoms. The molecule has 0 aliphatic carbocycles. The number of amides is 3. The van der Waals surface area contributed by atoms with Crippen molar-refractivity contribution in [3.8, 4) is 0 Å². The Kier molecular flexibility index (Phi) is 9.45. The van der Waals surface area contributed by atoms with Crippen molar-refractivity contribution in [2.24, 2.45) is 0 Å². The molecule has 0 aliphatic heterocycles. The fourth-order valence-corrected chi connectivity index (χ4v) is 4.08. The van der Waals surface area contributed by atoms with Crippen molar-refractivity contribution in [3.05, 3.63) is 71.8 Å². The summed E-state index contributed by atoms with van der Waals surface area (Å²) in [6.07, 6.45) is 0.878. The van der Waals surface area contributed by atoms with Crippen molar-refractivity contribution in [2.75, 3.05) is 18.2 Å². The molecule has 2 aromatic carbocycles. The molecule has 0 saturated heterocycles. The predicted molar refractivity (Wildman–Crippen MR) is 112 cm³/mol. The zero-order chi connectivity index (χ0) is 18.6. The fourth-order valence-electron chi connectivity index (χ4n) is 2.18. The number of halogens is 1. The minimum Gasteiger partial charge on any atom is -0.336 e. The lowest BCUT2D eigenvalue weighted by Crippen LogP contribution is -2.42. The summed E-state index contributed by atoms with van der Waals surface area (Å²) in [5, 5.41) is 2.38. The Morgan fingerprint density at radius 2 is 1.58 bits per heavy atom. The molecule has 7 heteroatoms. The van der Waals surface area contributed by atoms with Crippen LogP contribution in [0.4, 0.5) is 9.59 Å². The van der Waals surface area contributed by atoms with E-state index in [0.717, 1.165) is 28.5 Å². The van der Waals surface area contributed by atoms with Crippen LogP contribution in [0.1, 0.15) is 11.1 Å². The maximum Gasteiger partial charge on any atom is 0.325 e. The summed E-state index contributed by atoms with van der Waals surface area (Å²) >= 11 is 5.62. The number of nitrogens with zero attached hydrogens (tertiary/aromatic N) is 1. The number of nitrogens with one attached hydrogen (secondary N) is 1. The van der Waals surface area contributed by atoms with Gasteiger partial charge in [0.15, 0.2) is 0 Å². The molecule has 0 saturated carbocycles. The van der Waals surface area contributed by atoms with Crippen LogP contribution in [0.25, 0.3) is 0 Å². The van der Waals surface area contributed by atoms with Crippen LogP contribution in [0.3, 0.4) is 0 Å². The van der Waals surface area contributed by atoms with Gasteiger partial charge in [-0.25, -0.2) is 9.69 Å². The summed E-state index contributed by atoms with van der Waals surface area (Å²) in [5.41, 5.74) is 2.13. The third-order valence-corrected chi connectivity index (χ3v) is 5.79. The van der Waals surface area contributed by atoms with Crippen LogP contribution < -0.4 is 5.32 Å². The van der Waals surface area contributed by atoms with Crippen molar-refractivity contribution < 1.29 is 9.59 Å². The lowest BCUT2D eigenvalue weighted by molar-refractivity contribution is 0.198. The second kappa shape index (κ2) is 11.9. The summed E-state index contributed by atoms with van der Waals surface area (Å²) < 4.78 is 0. The van der Waals surface area contributed by atoms with Crippen LogP contribution >= 0.6 is 33.2 Å². The van der Waals surface area contributed by atoms with Gasteiger partial charge in [0.25, 0.3) is 0 Å². The molecule has 0 bridgehead atoms. The van der Waals surface area contributed by atoms with Crippen LogP contribution in [-0.4, -0.2) is 34.3 Å². The Bertz CT molecular complexity index is 686. The molecule has 0 aromatic heterocycles. The summed E-state index contributed by atoms with van der Waals surface area (Å²) in [4.78, 5) is 26.1. The van der Waals surface area contributed by atoms with Gasteiger partial charge in [-0.15, -0.1) is 11.6 Å². The first-order chi connectivity index (χ1) is 12.7. The number of hydrogen-bond acceptors (Lipinski definition) is 4. The molecule has 0 fully saturated rings. The number of aryl methyl sites for hydroxylation is 1. The van der Waals surface area contributed by atoms with Crippen molar-refractivity contribution in [2.45, 2.75) is 13.0 Å². The van der Waals surface area contributed by atoms with E-state index in [0.29, 0.717) is 12.4 Å². The Labute approximate surface area is 167 Å². The molecule has 2 aromatic rings. The number of benzene rings is 2. The molecule has 0 unspecified atom stereocenters. The Morgan fingerprint density at radius 1 is 0.962 bits per heavy atom. The van der Waals surface area contributed by atoms with Crippen LogP contribution in [0, 0.1) is 0 Å². The first kappa shape index (κ1) is 20.7. The second-order valence-corrected chi connectivity index (χ2v) is 8.14. The molecule has 2 rings (SSSR count). The highest BCUT2D eigenvalue weighted by Crippen LogP contribution is 2.26. The maximum atomic E-state index is 12.5. The van der Waals surface area contributed by atoms with Gasteiger partial charge in [-0.1, -0.05) is 71.5 Å². The zero-order valence-corrected chi connectivity index (χ0v) is 16.7. The molecular weight excluding hydrogens is 388 g/mol. The van der Waals surface area contributed by atoms with E-state index in [-0.39, 0.29) is 11.8 Å². The Balaban J connectivity index is 1.88. The lowest BCUT2D eigenvalue weighted by atomic mass is 10.2. The quantitative estimate of drug-likeness (QED) is 0.371. The van der Waals surface area contributed by atoms with E-state index in [9.17, 15) is 9.59 Å². The van der Waals surface area contributed by atoms with E-state index in [4.69, 9.17) is 11.6 Å². The Hall–Kier alpha value is -1.63. The van der Waals surface area contributed by atoms with Gasteiger partial charge in [-0.3, -0.25) is 4.79 Å². The summed E-state index contributed by atoms with van der Waals surface area (Å²) in [7, 11) is 2.55. The Morgan fingerprint density at radius 3 is 2.19 bits per heavy atom. The molecular formula is C19H21ClN2O2S2. The second-order valence-electron chi connectivity index (χ2n) is 5.40. The number of rotatable bonds is 8. The molecule has 138 valence electrons. The average Bonchev–Trinajstić information content (AvgIpc) is 2.69. The molecule has 1 N–H and O–H groups in total. The highest BCUT2D eigenvalue weighted by Gasteiger charge is 2.22. The molecule has 4 nitrogen and oxygen atoms in total. The van der Waals surface area contributed by atoms with E-state index < -0.39 is 6.03 Å². The van der Waals surface area contributed by atoms with E-state index in [1.807, 2.05) is 48.5 Å². The van der Waals surface area contributed by atoms with Crippen molar-refractivity contribution in [1.29, 1.82) is 0 Å². The third-order valence-electron chi connectivity index (χ3n) is 3.47. The topological polar surface area (TPSA) is 49.4 Å². The van der Waals surface area contributed by atoms with Crippen molar-refractivity contribution in [1.82, 2.24) is 10.2 Å². The van der Waals surface area contributed by atoms with E-state index in [1.165, 1.54) is 21.3 Å². The number of alkyl halides is 1. The number of urea groups is 1. The summed E-state index contributed by atoms with van der Waals surface area (Å²) in [6.45, 7) is 0.560. The molecule has 26 heavy (non-hydrogen) atoms. The number of carbonyl (C=O) groups is 2. The van der Waals surface area contributed by atoms with Gasteiger partial charge in [0.2, 0.25) is 0 Å². The third kappa shape index (κ3) is 7.32. The zero-order valence-electron chi connectivity index (χ0n) is 14.3. The van der Waals surface area contributed by atoms with E-state index in [2.05, 4.69) is 17.4 Å². The molecule has 0 atom stereocenters. The van der Waals surface area contributed by atoms with Crippen molar-refractivity contribution in [3.63, 3.8) is 0 Å². The minimum absolute atomic E-state index is 0.236. The molecule has 3 amide bonds. The predicted octanol–water partition coefficient (Wildman–Crippen LogP) is 5.18. The monoisotopic (exact) mass is 408 g/mol. The van der Waals surface area contributed by atoms with Gasteiger partial charge in [-0.05, 0) is 17.5 Å². The SMILES string of the molecule is O=C(NCCCl)N(Cc1ccccc1)C(=O)SSCCc1ccccc1. The lowest BCUT2D eigenvalue weighted by Gasteiger charge is -2.20. The first-order valence-corrected chi connectivity index (χ1v) is 11.1. The fraction of sp³-hybridized carbons (Fsp3) is 0.263. The van der Waals surface area contributed by atoms with Crippen molar-refractivity contribution >= 4 is 44.5 Å². The van der Waals surface area contributed by atoms with Gasteiger partial charge in [0.05, 0.1) is 6.54 Å². The summed E-state index contributed by atoms with van der Waals surface area (Å²) in [6, 6.07) is 19.1. The van der Waals surface area contributed by atoms with Crippen LogP contribution in [0.2, 0.25) is 0 Å². The number of carbonyl (C=O) groups excluding carboxylic acids is 2. The molecule has 0 heterocycles.